The lowest BCUT2D eigenvalue weighted by atomic mass is 10.1. The van der Waals surface area contributed by atoms with Crippen molar-refractivity contribution in [2.45, 2.75) is 25.9 Å². The molecule has 0 aliphatic heterocycles. The Kier molecular flexibility index (Phi) is 4.85. The summed E-state index contributed by atoms with van der Waals surface area (Å²) in [5, 5.41) is 2.87. The van der Waals surface area contributed by atoms with Gasteiger partial charge in [-0.05, 0) is 30.7 Å². The Morgan fingerprint density at radius 2 is 2.15 bits per heavy atom. The standard InChI is InChI=1S/C16H19N3O/c1-12(17)9-16(20)19-11-13-5-4-6-14(10-13)15-7-2-3-8-18-15/h2-8,10,12H,9,11,17H2,1H3,(H,19,20). The van der Waals surface area contributed by atoms with Crippen molar-refractivity contribution >= 4 is 5.91 Å². The smallest absolute Gasteiger partial charge is 0.221 e. The minimum absolute atomic E-state index is 0.0248. The van der Waals surface area contributed by atoms with Crippen LogP contribution in [0, 0.1) is 0 Å². The average molecular weight is 269 g/mol. The second kappa shape index (κ2) is 6.82. The Morgan fingerprint density at radius 3 is 2.85 bits per heavy atom. The zero-order chi connectivity index (χ0) is 14.4. The maximum absolute atomic E-state index is 11.6. The Hall–Kier alpha value is -2.20. The molecule has 0 aliphatic carbocycles. The molecular weight excluding hydrogens is 250 g/mol. The second-order valence-corrected chi connectivity index (χ2v) is 4.87. The molecule has 2 rings (SSSR count). The quantitative estimate of drug-likeness (QED) is 0.873. The molecule has 3 N–H and O–H groups in total. The van der Waals surface area contributed by atoms with E-state index in [9.17, 15) is 4.79 Å². The fraction of sp³-hybridized carbons (Fsp3) is 0.250. The van der Waals surface area contributed by atoms with Crippen LogP contribution in [-0.2, 0) is 11.3 Å². The fourth-order valence-electron chi connectivity index (χ4n) is 1.94. The maximum Gasteiger partial charge on any atom is 0.221 e. The molecule has 104 valence electrons. The third kappa shape index (κ3) is 4.17. The van der Waals surface area contributed by atoms with Gasteiger partial charge < -0.3 is 11.1 Å². The fourth-order valence-corrected chi connectivity index (χ4v) is 1.94. The highest BCUT2D eigenvalue weighted by molar-refractivity contribution is 5.76. The van der Waals surface area contributed by atoms with Gasteiger partial charge in [0.2, 0.25) is 5.91 Å². The molecule has 0 aliphatic rings. The highest BCUT2D eigenvalue weighted by atomic mass is 16.1. The van der Waals surface area contributed by atoms with Crippen molar-refractivity contribution < 1.29 is 4.79 Å². The number of nitrogens with one attached hydrogen (secondary N) is 1. The number of pyridine rings is 1. The molecule has 0 spiro atoms. The largest absolute Gasteiger partial charge is 0.352 e. The predicted octanol–water partition coefficient (Wildman–Crippen LogP) is 2.10. The molecule has 1 unspecified atom stereocenters. The summed E-state index contributed by atoms with van der Waals surface area (Å²) in [6, 6.07) is 13.7. The van der Waals surface area contributed by atoms with E-state index in [4.69, 9.17) is 5.73 Å². The third-order valence-electron chi connectivity index (χ3n) is 2.88. The van der Waals surface area contributed by atoms with Gasteiger partial charge in [0.1, 0.15) is 0 Å². The van der Waals surface area contributed by atoms with Crippen molar-refractivity contribution in [1.82, 2.24) is 10.3 Å². The van der Waals surface area contributed by atoms with E-state index >= 15 is 0 Å². The zero-order valence-electron chi connectivity index (χ0n) is 11.5. The lowest BCUT2D eigenvalue weighted by Crippen LogP contribution is -2.29. The van der Waals surface area contributed by atoms with Crippen LogP contribution in [0.25, 0.3) is 11.3 Å². The molecule has 0 bridgehead atoms. The van der Waals surface area contributed by atoms with Crippen LogP contribution in [0.4, 0.5) is 0 Å². The van der Waals surface area contributed by atoms with Gasteiger partial charge in [-0.25, -0.2) is 0 Å². The van der Waals surface area contributed by atoms with Crippen LogP contribution in [0.1, 0.15) is 18.9 Å². The van der Waals surface area contributed by atoms with Crippen LogP contribution < -0.4 is 11.1 Å². The topological polar surface area (TPSA) is 68.0 Å². The van der Waals surface area contributed by atoms with Crippen LogP contribution in [0.15, 0.2) is 48.7 Å². The molecule has 0 fully saturated rings. The van der Waals surface area contributed by atoms with Gasteiger partial charge in [0.05, 0.1) is 5.69 Å². The van der Waals surface area contributed by atoms with Gasteiger partial charge in [0.15, 0.2) is 0 Å². The Balaban J connectivity index is 2.02. The van der Waals surface area contributed by atoms with E-state index < -0.39 is 0 Å². The number of amides is 1. The summed E-state index contributed by atoms with van der Waals surface area (Å²) in [6.07, 6.45) is 2.12. The number of nitrogens with zero attached hydrogens (tertiary/aromatic N) is 1. The first kappa shape index (κ1) is 14.2. The van der Waals surface area contributed by atoms with Crippen LogP contribution >= 0.6 is 0 Å². The van der Waals surface area contributed by atoms with E-state index in [1.807, 2.05) is 49.4 Å². The second-order valence-electron chi connectivity index (χ2n) is 4.87. The Bertz CT molecular complexity index is 567. The van der Waals surface area contributed by atoms with Crippen molar-refractivity contribution in [3.05, 3.63) is 54.2 Å². The normalized spacial score (nSPS) is 11.9. The number of benzene rings is 1. The molecule has 0 radical (unpaired) electrons. The number of hydrogen-bond acceptors (Lipinski definition) is 3. The summed E-state index contributed by atoms with van der Waals surface area (Å²) in [4.78, 5) is 15.9. The molecule has 1 heterocycles. The van der Waals surface area contributed by atoms with E-state index in [2.05, 4.69) is 10.3 Å². The average Bonchev–Trinajstić information content (AvgIpc) is 2.46. The number of rotatable bonds is 5. The van der Waals surface area contributed by atoms with Crippen molar-refractivity contribution in [3.8, 4) is 11.3 Å². The van der Waals surface area contributed by atoms with Gasteiger partial charge in [0, 0.05) is 30.8 Å². The third-order valence-corrected chi connectivity index (χ3v) is 2.88. The van der Waals surface area contributed by atoms with Gasteiger partial charge >= 0.3 is 0 Å². The molecule has 0 saturated heterocycles. The highest BCUT2D eigenvalue weighted by Gasteiger charge is 2.05. The molecule has 1 amide bonds. The molecular formula is C16H19N3O. The van der Waals surface area contributed by atoms with Crippen LogP contribution in [0.2, 0.25) is 0 Å². The van der Waals surface area contributed by atoms with Gasteiger partial charge in [-0.3, -0.25) is 9.78 Å². The van der Waals surface area contributed by atoms with Gasteiger partial charge in [0.25, 0.3) is 0 Å². The predicted molar refractivity (Wildman–Crippen MR) is 79.8 cm³/mol. The van der Waals surface area contributed by atoms with Crippen molar-refractivity contribution in [3.63, 3.8) is 0 Å². The summed E-state index contributed by atoms with van der Waals surface area (Å²) in [5.41, 5.74) is 8.61. The molecule has 4 heteroatoms. The first-order valence-corrected chi connectivity index (χ1v) is 6.68. The Labute approximate surface area is 119 Å². The summed E-state index contributed by atoms with van der Waals surface area (Å²) in [7, 11) is 0. The molecule has 2 aromatic rings. The molecule has 4 nitrogen and oxygen atoms in total. The number of aromatic nitrogens is 1. The van der Waals surface area contributed by atoms with Crippen molar-refractivity contribution in [1.29, 1.82) is 0 Å². The zero-order valence-corrected chi connectivity index (χ0v) is 11.5. The molecule has 1 aromatic carbocycles. The molecule has 20 heavy (non-hydrogen) atoms. The summed E-state index contributed by atoms with van der Waals surface area (Å²) in [6.45, 7) is 2.33. The maximum atomic E-state index is 11.6. The Morgan fingerprint density at radius 1 is 1.30 bits per heavy atom. The molecule has 0 saturated carbocycles. The molecule has 1 atom stereocenters. The van der Waals surface area contributed by atoms with E-state index in [0.29, 0.717) is 13.0 Å². The minimum Gasteiger partial charge on any atom is -0.352 e. The molecule has 1 aromatic heterocycles. The lowest BCUT2D eigenvalue weighted by molar-refractivity contribution is -0.121. The number of nitrogens with two attached hydrogens (primary N) is 1. The van der Waals surface area contributed by atoms with Crippen LogP contribution in [-0.4, -0.2) is 16.9 Å². The summed E-state index contributed by atoms with van der Waals surface area (Å²) >= 11 is 0. The van der Waals surface area contributed by atoms with Crippen molar-refractivity contribution in [2.24, 2.45) is 5.73 Å². The van der Waals surface area contributed by atoms with Gasteiger partial charge in [-0.15, -0.1) is 0 Å². The van der Waals surface area contributed by atoms with E-state index in [-0.39, 0.29) is 11.9 Å². The number of carbonyl (C=O) groups is 1. The van der Waals surface area contributed by atoms with E-state index in [0.717, 1.165) is 16.8 Å². The van der Waals surface area contributed by atoms with E-state index in [1.54, 1.807) is 6.20 Å². The first-order chi connectivity index (χ1) is 9.65. The van der Waals surface area contributed by atoms with Gasteiger partial charge in [-0.1, -0.05) is 24.3 Å². The number of hydrogen-bond donors (Lipinski definition) is 2. The lowest BCUT2D eigenvalue weighted by Gasteiger charge is -2.08. The van der Waals surface area contributed by atoms with Gasteiger partial charge in [-0.2, -0.15) is 0 Å². The minimum atomic E-state index is -0.116. The SMILES string of the molecule is CC(N)CC(=O)NCc1cccc(-c2ccccn2)c1. The van der Waals surface area contributed by atoms with E-state index in [1.165, 1.54) is 0 Å². The summed E-state index contributed by atoms with van der Waals surface area (Å²) < 4.78 is 0. The number of carbonyl (C=O) groups excluding carboxylic acids is 1. The van der Waals surface area contributed by atoms with Crippen LogP contribution in [0.3, 0.4) is 0 Å². The summed E-state index contributed by atoms with van der Waals surface area (Å²) in [5.74, 6) is -0.0248. The van der Waals surface area contributed by atoms with Crippen LogP contribution in [0.5, 0.6) is 0 Å². The first-order valence-electron chi connectivity index (χ1n) is 6.68. The highest BCUT2D eigenvalue weighted by Crippen LogP contribution is 2.17. The monoisotopic (exact) mass is 269 g/mol. The van der Waals surface area contributed by atoms with Crippen molar-refractivity contribution in [2.75, 3.05) is 0 Å².